The summed E-state index contributed by atoms with van der Waals surface area (Å²) in [6.07, 6.45) is 0. The van der Waals surface area contributed by atoms with Gasteiger partial charge in [0.05, 0.1) is 21.8 Å². The van der Waals surface area contributed by atoms with Gasteiger partial charge in [-0.05, 0) is 31.2 Å². The number of para-hydroxylation sites is 2. The molecule has 0 fully saturated rings. The summed E-state index contributed by atoms with van der Waals surface area (Å²) < 4.78 is 23.7. The van der Waals surface area contributed by atoms with Crippen molar-refractivity contribution >= 4 is 27.3 Å². The van der Waals surface area contributed by atoms with Gasteiger partial charge in [-0.1, -0.05) is 23.8 Å². The number of hydrogen-bond acceptors (Lipinski definition) is 4. The number of primary sulfonamides is 1. The van der Waals surface area contributed by atoms with Crippen LogP contribution < -0.4 is 14.9 Å². The van der Waals surface area contributed by atoms with Gasteiger partial charge in [-0.3, -0.25) is 4.79 Å². The molecule has 0 aliphatic carbocycles. The molecule has 6 nitrogen and oxygen atoms in total. The number of nitrogens with two attached hydrogens (primary N) is 1. The Bertz CT molecular complexity index is 909. The normalized spacial score (nSPS) is 14.5. The van der Waals surface area contributed by atoms with Gasteiger partial charge in [-0.25, -0.2) is 13.6 Å². The monoisotopic (exact) mass is 345 g/mol. The number of nitrogens with zero attached hydrogens (tertiary/aromatic N) is 2. The van der Waals surface area contributed by atoms with Gasteiger partial charge in [0.1, 0.15) is 0 Å². The molecule has 0 atom stereocenters. The van der Waals surface area contributed by atoms with Crippen molar-refractivity contribution < 1.29 is 13.2 Å². The number of carbonyl (C=O) groups excluding carboxylic acids is 1. The first-order valence-corrected chi connectivity index (χ1v) is 9.09. The summed E-state index contributed by atoms with van der Waals surface area (Å²) in [7, 11) is -2.02. The SMILES string of the molecule is Cc1ccc(S(N)(=O)=O)c(C(=O)N2CCN(C)c3ccccc32)c1. The Morgan fingerprint density at radius 2 is 1.75 bits per heavy atom. The van der Waals surface area contributed by atoms with Crippen molar-refractivity contribution in [2.45, 2.75) is 11.8 Å². The van der Waals surface area contributed by atoms with E-state index in [4.69, 9.17) is 5.14 Å². The van der Waals surface area contributed by atoms with E-state index in [1.165, 1.54) is 6.07 Å². The molecule has 126 valence electrons. The number of benzene rings is 2. The van der Waals surface area contributed by atoms with Gasteiger partial charge in [0.2, 0.25) is 10.0 Å². The summed E-state index contributed by atoms with van der Waals surface area (Å²) in [5.74, 6) is -0.358. The van der Waals surface area contributed by atoms with Gasteiger partial charge in [-0.15, -0.1) is 0 Å². The molecule has 0 bridgehead atoms. The Morgan fingerprint density at radius 3 is 2.42 bits per heavy atom. The Labute approximate surface area is 141 Å². The molecule has 1 amide bonds. The molecule has 2 aromatic carbocycles. The Balaban J connectivity index is 2.12. The van der Waals surface area contributed by atoms with Crippen molar-refractivity contribution in [3.05, 3.63) is 53.6 Å². The van der Waals surface area contributed by atoms with Gasteiger partial charge in [0.25, 0.3) is 5.91 Å². The molecule has 1 heterocycles. The van der Waals surface area contributed by atoms with Crippen LogP contribution >= 0.6 is 0 Å². The van der Waals surface area contributed by atoms with Crippen molar-refractivity contribution in [3.8, 4) is 0 Å². The maximum absolute atomic E-state index is 13.1. The van der Waals surface area contributed by atoms with Crippen LogP contribution in [0.5, 0.6) is 0 Å². The number of aryl methyl sites for hydroxylation is 1. The second kappa shape index (κ2) is 5.92. The first kappa shape index (κ1) is 16.5. The van der Waals surface area contributed by atoms with Crippen LogP contribution in [0.1, 0.15) is 15.9 Å². The summed E-state index contributed by atoms with van der Waals surface area (Å²) in [6, 6.07) is 12.2. The fourth-order valence-corrected chi connectivity index (χ4v) is 3.63. The van der Waals surface area contributed by atoms with Crippen molar-refractivity contribution in [1.82, 2.24) is 0 Å². The predicted molar refractivity (Wildman–Crippen MR) is 93.9 cm³/mol. The lowest BCUT2D eigenvalue weighted by Gasteiger charge is -2.35. The number of likely N-dealkylation sites (N-methyl/N-ethyl adjacent to an activating group) is 1. The maximum Gasteiger partial charge on any atom is 0.259 e. The zero-order valence-corrected chi connectivity index (χ0v) is 14.4. The highest BCUT2D eigenvalue weighted by Crippen LogP contribution is 2.33. The van der Waals surface area contributed by atoms with E-state index in [1.807, 2.05) is 38.2 Å². The van der Waals surface area contributed by atoms with Crippen LogP contribution in [-0.4, -0.2) is 34.5 Å². The van der Waals surface area contributed by atoms with E-state index in [2.05, 4.69) is 4.90 Å². The lowest BCUT2D eigenvalue weighted by atomic mass is 10.1. The third kappa shape index (κ3) is 2.88. The topological polar surface area (TPSA) is 83.7 Å². The maximum atomic E-state index is 13.1. The number of anilines is 2. The molecule has 2 aromatic rings. The van der Waals surface area contributed by atoms with Crippen LogP contribution in [0.25, 0.3) is 0 Å². The highest BCUT2D eigenvalue weighted by molar-refractivity contribution is 7.89. The van der Waals surface area contributed by atoms with Crippen LogP contribution in [0.4, 0.5) is 11.4 Å². The van der Waals surface area contributed by atoms with Crippen molar-refractivity contribution in [2.24, 2.45) is 5.14 Å². The average Bonchev–Trinajstić information content (AvgIpc) is 2.53. The largest absolute Gasteiger partial charge is 0.371 e. The lowest BCUT2D eigenvalue weighted by molar-refractivity contribution is 0.0983. The number of sulfonamides is 1. The smallest absolute Gasteiger partial charge is 0.259 e. The molecule has 0 saturated heterocycles. The van der Waals surface area contributed by atoms with Crippen molar-refractivity contribution in [3.63, 3.8) is 0 Å². The fourth-order valence-electron chi connectivity index (χ4n) is 2.92. The molecule has 1 aliphatic heterocycles. The number of hydrogen-bond donors (Lipinski definition) is 1. The van der Waals surface area contributed by atoms with E-state index in [9.17, 15) is 13.2 Å². The minimum Gasteiger partial charge on any atom is -0.371 e. The lowest BCUT2D eigenvalue weighted by Crippen LogP contribution is -2.43. The standard InChI is InChI=1S/C17H19N3O3S/c1-12-7-8-16(24(18,22)23)13(11-12)17(21)20-10-9-19(2)14-5-3-4-6-15(14)20/h3-8,11H,9-10H2,1-2H3,(H2,18,22,23). The highest BCUT2D eigenvalue weighted by Gasteiger charge is 2.29. The molecule has 0 unspecified atom stereocenters. The molecule has 0 aromatic heterocycles. The van der Waals surface area contributed by atoms with E-state index in [0.717, 1.165) is 16.9 Å². The molecule has 2 N–H and O–H groups in total. The predicted octanol–water partition coefficient (Wildman–Crippen LogP) is 1.74. The molecule has 0 spiro atoms. The molecule has 1 aliphatic rings. The first-order valence-electron chi connectivity index (χ1n) is 7.54. The second-order valence-corrected chi connectivity index (χ2v) is 7.44. The van der Waals surface area contributed by atoms with Gasteiger partial charge < -0.3 is 9.80 Å². The second-order valence-electron chi connectivity index (χ2n) is 5.91. The molecular formula is C17H19N3O3S. The van der Waals surface area contributed by atoms with Crippen LogP contribution in [0.3, 0.4) is 0 Å². The summed E-state index contributed by atoms with van der Waals surface area (Å²) in [5.41, 5.74) is 2.60. The van der Waals surface area contributed by atoms with E-state index in [-0.39, 0.29) is 16.4 Å². The van der Waals surface area contributed by atoms with Crippen LogP contribution in [-0.2, 0) is 10.0 Å². The Hall–Kier alpha value is -2.38. The third-order valence-electron chi connectivity index (χ3n) is 4.16. The number of carbonyl (C=O) groups is 1. The van der Waals surface area contributed by atoms with Gasteiger partial charge in [0.15, 0.2) is 0 Å². The first-order chi connectivity index (χ1) is 11.3. The Morgan fingerprint density at radius 1 is 1.08 bits per heavy atom. The summed E-state index contributed by atoms with van der Waals surface area (Å²) in [6.45, 7) is 2.95. The molecule has 7 heteroatoms. The highest BCUT2D eigenvalue weighted by atomic mass is 32.2. The van der Waals surface area contributed by atoms with E-state index in [1.54, 1.807) is 17.0 Å². The molecule has 24 heavy (non-hydrogen) atoms. The van der Waals surface area contributed by atoms with Crippen molar-refractivity contribution in [2.75, 3.05) is 29.9 Å². The Kier molecular flexibility index (Phi) is 4.06. The molecular weight excluding hydrogens is 326 g/mol. The minimum absolute atomic E-state index is 0.108. The van der Waals surface area contributed by atoms with Crippen LogP contribution in [0, 0.1) is 6.92 Å². The van der Waals surface area contributed by atoms with Gasteiger partial charge >= 0.3 is 0 Å². The van der Waals surface area contributed by atoms with E-state index < -0.39 is 10.0 Å². The van der Waals surface area contributed by atoms with E-state index in [0.29, 0.717) is 13.1 Å². The number of rotatable bonds is 2. The molecule has 0 radical (unpaired) electrons. The van der Waals surface area contributed by atoms with Gasteiger partial charge in [-0.2, -0.15) is 0 Å². The van der Waals surface area contributed by atoms with Crippen LogP contribution in [0.2, 0.25) is 0 Å². The summed E-state index contributed by atoms with van der Waals surface area (Å²) >= 11 is 0. The number of amides is 1. The fraction of sp³-hybridized carbons (Fsp3) is 0.235. The number of fused-ring (bicyclic) bond motifs is 1. The average molecular weight is 345 g/mol. The van der Waals surface area contributed by atoms with Crippen molar-refractivity contribution in [1.29, 1.82) is 0 Å². The zero-order chi connectivity index (χ0) is 17.5. The van der Waals surface area contributed by atoms with Gasteiger partial charge in [0, 0.05) is 20.1 Å². The van der Waals surface area contributed by atoms with E-state index >= 15 is 0 Å². The van der Waals surface area contributed by atoms with Crippen LogP contribution in [0.15, 0.2) is 47.4 Å². The zero-order valence-electron chi connectivity index (χ0n) is 13.6. The minimum atomic E-state index is -3.98. The third-order valence-corrected chi connectivity index (χ3v) is 5.13. The summed E-state index contributed by atoms with van der Waals surface area (Å²) in [4.78, 5) is 16.6. The molecule has 3 rings (SSSR count). The molecule has 0 saturated carbocycles. The quantitative estimate of drug-likeness (QED) is 0.898. The summed E-state index contributed by atoms with van der Waals surface area (Å²) in [5, 5.41) is 5.28.